The molecule has 2 heteroatoms. The number of hydrogen-bond donors (Lipinski definition) is 0. The summed E-state index contributed by atoms with van der Waals surface area (Å²) in [5, 5.41) is 0. The average molecular weight is 180 g/mol. The molecule has 2 unspecified atom stereocenters. The normalized spacial score (nSPS) is 28.3. The van der Waals surface area contributed by atoms with Crippen LogP contribution in [0.1, 0.15) is 13.3 Å². The highest BCUT2D eigenvalue weighted by Gasteiger charge is 2.38. The molecule has 0 aliphatic carbocycles. The molecule has 1 aliphatic rings. The number of ether oxygens (including phenoxy) is 2. The SMILES string of the molecule is [CH]C(CC)C1COC(C=C)(C=C)O1. The second kappa shape index (κ2) is 4.07. The van der Waals surface area contributed by atoms with Gasteiger partial charge in [-0.25, -0.2) is 0 Å². The van der Waals surface area contributed by atoms with Crippen LogP contribution >= 0.6 is 0 Å². The Morgan fingerprint density at radius 3 is 2.62 bits per heavy atom. The van der Waals surface area contributed by atoms with Gasteiger partial charge in [0.1, 0.15) is 0 Å². The lowest BCUT2D eigenvalue weighted by Gasteiger charge is -2.21. The van der Waals surface area contributed by atoms with E-state index in [-0.39, 0.29) is 12.0 Å². The van der Waals surface area contributed by atoms with Crippen LogP contribution < -0.4 is 0 Å². The second-order valence-corrected chi connectivity index (χ2v) is 3.17. The van der Waals surface area contributed by atoms with Gasteiger partial charge < -0.3 is 9.47 Å². The monoisotopic (exact) mass is 180 g/mol. The van der Waals surface area contributed by atoms with E-state index in [0.29, 0.717) is 6.61 Å². The Morgan fingerprint density at radius 2 is 2.23 bits per heavy atom. The Hall–Kier alpha value is -0.600. The van der Waals surface area contributed by atoms with E-state index < -0.39 is 5.79 Å². The van der Waals surface area contributed by atoms with Crippen molar-refractivity contribution >= 4 is 0 Å². The molecule has 1 fully saturated rings. The van der Waals surface area contributed by atoms with Crippen molar-refractivity contribution in [2.45, 2.75) is 25.2 Å². The summed E-state index contributed by atoms with van der Waals surface area (Å²) < 4.78 is 11.1. The van der Waals surface area contributed by atoms with Crippen molar-refractivity contribution < 1.29 is 9.47 Å². The van der Waals surface area contributed by atoms with Crippen molar-refractivity contribution in [3.8, 4) is 0 Å². The first kappa shape index (κ1) is 10.5. The Morgan fingerprint density at radius 1 is 1.62 bits per heavy atom. The summed E-state index contributed by atoms with van der Waals surface area (Å²) in [7, 11) is 0. The van der Waals surface area contributed by atoms with Crippen molar-refractivity contribution in [2.24, 2.45) is 5.92 Å². The fourth-order valence-electron chi connectivity index (χ4n) is 1.29. The molecule has 0 amide bonds. The zero-order valence-corrected chi connectivity index (χ0v) is 8.03. The first-order valence-corrected chi connectivity index (χ1v) is 4.52. The maximum atomic E-state index is 5.84. The van der Waals surface area contributed by atoms with Crippen LogP contribution in [0.3, 0.4) is 0 Å². The van der Waals surface area contributed by atoms with Crippen LogP contribution in [0.4, 0.5) is 0 Å². The van der Waals surface area contributed by atoms with E-state index in [1.165, 1.54) is 0 Å². The molecule has 72 valence electrons. The van der Waals surface area contributed by atoms with Gasteiger partial charge in [0.15, 0.2) is 0 Å². The van der Waals surface area contributed by atoms with Crippen molar-refractivity contribution in [3.63, 3.8) is 0 Å². The molecule has 0 aromatic rings. The summed E-state index contributed by atoms with van der Waals surface area (Å²) in [6.45, 7) is 15.7. The summed E-state index contributed by atoms with van der Waals surface area (Å²) in [6.07, 6.45) is 4.02. The predicted molar refractivity (Wildman–Crippen MR) is 52.0 cm³/mol. The molecule has 2 radical (unpaired) electrons. The van der Waals surface area contributed by atoms with E-state index in [4.69, 9.17) is 16.4 Å². The summed E-state index contributed by atoms with van der Waals surface area (Å²) in [4.78, 5) is 0. The van der Waals surface area contributed by atoms with Crippen molar-refractivity contribution in [3.05, 3.63) is 32.2 Å². The zero-order chi connectivity index (χ0) is 9.90. The molecule has 1 rings (SSSR count). The third-order valence-corrected chi connectivity index (χ3v) is 2.33. The standard InChI is InChI=1S/C11H16O2/c1-5-9(4)10-8-12-11(6-2,7-3)13-10/h4,6-7,9-10H,2-3,5,8H2,1H3. The summed E-state index contributed by atoms with van der Waals surface area (Å²) in [5.74, 6) is -0.806. The van der Waals surface area contributed by atoms with Gasteiger partial charge in [0.05, 0.1) is 12.7 Å². The topological polar surface area (TPSA) is 18.5 Å². The highest BCUT2D eigenvalue weighted by Crippen LogP contribution is 2.30. The minimum absolute atomic E-state index is 0.0155. The van der Waals surface area contributed by atoms with E-state index in [0.717, 1.165) is 6.42 Å². The molecule has 1 aliphatic heterocycles. The molecular weight excluding hydrogens is 164 g/mol. The van der Waals surface area contributed by atoms with Crippen LogP contribution in [0.2, 0.25) is 0 Å². The van der Waals surface area contributed by atoms with Gasteiger partial charge in [0.25, 0.3) is 0 Å². The fraction of sp³-hybridized carbons (Fsp3) is 0.545. The lowest BCUT2D eigenvalue weighted by molar-refractivity contribution is -0.0940. The van der Waals surface area contributed by atoms with E-state index in [9.17, 15) is 0 Å². The fourth-order valence-corrected chi connectivity index (χ4v) is 1.29. The molecule has 0 spiro atoms. The predicted octanol–water partition coefficient (Wildman–Crippen LogP) is 2.21. The Labute approximate surface area is 80.2 Å². The minimum Gasteiger partial charge on any atom is -0.340 e. The molecule has 2 atom stereocenters. The maximum Gasteiger partial charge on any atom is 0.207 e. The van der Waals surface area contributed by atoms with Gasteiger partial charge in [0.2, 0.25) is 5.79 Å². The van der Waals surface area contributed by atoms with Crippen LogP contribution in [0.5, 0.6) is 0 Å². The third kappa shape index (κ3) is 2.01. The number of rotatable bonds is 4. The summed E-state index contributed by atoms with van der Waals surface area (Å²) in [5.41, 5.74) is 0. The van der Waals surface area contributed by atoms with Gasteiger partial charge in [0, 0.05) is 0 Å². The molecule has 0 saturated carbocycles. The van der Waals surface area contributed by atoms with Gasteiger partial charge in [-0.05, 0) is 25.0 Å². The largest absolute Gasteiger partial charge is 0.340 e. The molecule has 0 bridgehead atoms. The van der Waals surface area contributed by atoms with Crippen LogP contribution in [0.25, 0.3) is 0 Å². The summed E-state index contributed by atoms with van der Waals surface area (Å²) >= 11 is 0. The average Bonchev–Trinajstić information content (AvgIpc) is 2.61. The molecule has 2 nitrogen and oxygen atoms in total. The second-order valence-electron chi connectivity index (χ2n) is 3.17. The van der Waals surface area contributed by atoms with Crippen LogP contribution in [0.15, 0.2) is 25.3 Å². The van der Waals surface area contributed by atoms with Gasteiger partial charge in [-0.2, -0.15) is 0 Å². The zero-order valence-electron chi connectivity index (χ0n) is 8.03. The molecular formula is C11H16O2. The third-order valence-electron chi connectivity index (χ3n) is 2.33. The molecule has 1 saturated heterocycles. The quantitative estimate of drug-likeness (QED) is 0.617. The molecule has 0 N–H and O–H groups in total. The van der Waals surface area contributed by atoms with Gasteiger partial charge in [-0.1, -0.05) is 26.5 Å². The van der Waals surface area contributed by atoms with E-state index in [2.05, 4.69) is 13.2 Å². The van der Waals surface area contributed by atoms with Crippen LogP contribution in [-0.2, 0) is 9.47 Å². The maximum absolute atomic E-state index is 5.84. The summed E-state index contributed by atoms with van der Waals surface area (Å²) in [6, 6.07) is 0. The Balaban J connectivity index is 2.61. The van der Waals surface area contributed by atoms with Crippen molar-refractivity contribution in [1.82, 2.24) is 0 Å². The lowest BCUT2D eigenvalue weighted by atomic mass is 10.0. The van der Waals surface area contributed by atoms with E-state index in [1.807, 2.05) is 6.92 Å². The van der Waals surface area contributed by atoms with Crippen LogP contribution in [0, 0.1) is 12.8 Å². The Kier molecular flexibility index (Phi) is 3.28. The van der Waals surface area contributed by atoms with Crippen molar-refractivity contribution in [2.75, 3.05) is 6.61 Å². The first-order chi connectivity index (χ1) is 6.17. The van der Waals surface area contributed by atoms with Crippen LogP contribution in [-0.4, -0.2) is 18.5 Å². The smallest absolute Gasteiger partial charge is 0.207 e. The highest BCUT2D eigenvalue weighted by atomic mass is 16.7. The minimum atomic E-state index is -0.822. The molecule has 13 heavy (non-hydrogen) atoms. The molecule has 0 aromatic carbocycles. The van der Waals surface area contributed by atoms with Gasteiger partial charge in [-0.3, -0.25) is 0 Å². The molecule has 0 aromatic heterocycles. The molecule has 1 heterocycles. The Bertz CT molecular complexity index is 190. The van der Waals surface area contributed by atoms with Gasteiger partial charge >= 0.3 is 0 Å². The van der Waals surface area contributed by atoms with Crippen molar-refractivity contribution in [1.29, 1.82) is 0 Å². The van der Waals surface area contributed by atoms with E-state index >= 15 is 0 Å². The number of hydrogen-bond acceptors (Lipinski definition) is 2. The highest BCUT2D eigenvalue weighted by molar-refractivity contribution is 5.06. The van der Waals surface area contributed by atoms with Gasteiger partial charge in [-0.15, -0.1) is 0 Å². The lowest BCUT2D eigenvalue weighted by Crippen LogP contribution is -2.27. The van der Waals surface area contributed by atoms with E-state index in [1.54, 1.807) is 12.2 Å². The first-order valence-electron chi connectivity index (χ1n) is 4.52.